The van der Waals surface area contributed by atoms with Crippen LogP contribution in [0.25, 0.3) is 0 Å². The number of nitrogens with two attached hydrogens (primary N) is 1. The van der Waals surface area contributed by atoms with E-state index in [0.717, 1.165) is 0 Å². The predicted octanol–water partition coefficient (Wildman–Crippen LogP) is 1.47. The number of rotatable bonds is 3. The first-order valence-electron chi connectivity index (χ1n) is 3.76. The normalized spacial score (nSPS) is 11.6. The molecule has 0 heterocycles. The van der Waals surface area contributed by atoms with Gasteiger partial charge in [0, 0.05) is 5.75 Å². The zero-order chi connectivity index (χ0) is 8.81. The van der Waals surface area contributed by atoms with Gasteiger partial charge >= 0.3 is 0 Å². The maximum atomic E-state index is 5.49. The highest BCUT2D eigenvalue weighted by molar-refractivity contribution is 7.81. The van der Waals surface area contributed by atoms with Crippen LogP contribution in [0.2, 0.25) is 0 Å². The summed E-state index contributed by atoms with van der Waals surface area (Å²) < 4.78 is 0. The van der Waals surface area contributed by atoms with Crippen molar-refractivity contribution in [3.63, 3.8) is 0 Å². The molecule has 0 aliphatic rings. The van der Waals surface area contributed by atoms with Crippen LogP contribution >= 0.6 is 12.6 Å². The highest BCUT2D eigenvalue weighted by atomic mass is 32.1. The summed E-state index contributed by atoms with van der Waals surface area (Å²) in [6.07, 6.45) is 0. The number of benzene rings is 1. The summed E-state index contributed by atoms with van der Waals surface area (Å²) in [6.45, 7) is 0.646. The molecule has 0 spiro atoms. The van der Waals surface area contributed by atoms with E-state index in [-0.39, 0.29) is 0 Å². The predicted molar refractivity (Wildman–Crippen MR) is 55.6 cm³/mol. The molecule has 0 aromatic heterocycles. The molecule has 0 unspecified atom stereocenters. The lowest BCUT2D eigenvalue weighted by molar-refractivity contribution is 1.06. The minimum atomic E-state index is 0.521. The van der Waals surface area contributed by atoms with Gasteiger partial charge in [0.25, 0.3) is 0 Å². The largest absolute Gasteiger partial charge is 0.387 e. The van der Waals surface area contributed by atoms with E-state index < -0.39 is 0 Å². The summed E-state index contributed by atoms with van der Waals surface area (Å²) in [7, 11) is 0. The Labute approximate surface area is 77.9 Å². The van der Waals surface area contributed by atoms with Gasteiger partial charge in [0.05, 0.1) is 6.54 Å². The van der Waals surface area contributed by atoms with Crippen LogP contribution in [0.15, 0.2) is 35.3 Å². The molecule has 1 aromatic carbocycles. The van der Waals surface area contributed by atoms with Gasteiger partial charge in [0.2, 0.25) is 0 Å². The molecule has 2 nitrogen and oxygen atoms in total. The van der Waals surface area contributed by atoms with Gasteiger partial charge in [-0.05, 0) is 5.56 Å². The molecule has 1 aromatic rings. The van der Waals surface area contributed by atoms with Crippen LogP contribution < -0.4 is 5.73 Å². The molecule has 0 bridgehead atoms. The van der Waals surface area contributed by atoms with Gasteiger partial charge in [-0.1, -0.05) is 30.3 Å². The summed E-state index contributed by atoms with van der Waals surface area (Å²) in [5.41, 5.74) is 6.66. The topological polar surface area (TPSA) is 38.4 Å². The lowest BCUT2D eigenvalue weighted by Gasteiger charge is -1.96. The molecule has 0 amide bonds. The summed E-state index contributed by atoms with van der Waals surface area (Å²) in [6, 6.07) is 10.0. The summed E-state index contributed by atoms with van der Waals surface area (Å²) in [5, 5.41) is 0. The van der Waals surface area contributed by atoms with E-state index in [1.807, 2.05) is 30.3 Å². The minimum absolute atomic E-state index is 0.521. The van der Waals surface area contributed by atoms with Crippen LogP contribution in [0.5, 0.6) is 0 Å². The average Bonchev–Trinajstić information content (AvgIpc) is 2.16. The number of hydrogen-bond acceptors (Lipinski definition) is 2. The van der Waals surface area contributed by atoms with E-state index >= 15 is 0 Å². The zero-order valence-electron chi connectivity index (χ0n) is 6.77. The van der Waals surface area contributed by atoms with Gasteiger partial charge in [-0.15, -0.1) is 0 Å². The number of aliphatic imine (C=N–C) groups is 1. The molecule has 0 aliphatic carbocycles. The Bertz CT molecular complexity index is 256. The molecular formula is C9H12N2S. The second-order valence-electron chi connectivity index (χ2n) is 2.45. The van der Waals surface area contributed by atoms with Crippen molar-refractivity contribution >= 4 is 18.5 Å². The molecular weight excluding hydrogens is 168 g/mol. The van der Waals surface area contributed by atoms with Gasteiger partial charge in [-0.3, -0.25) is 4.99 Å². The fourth-order valence-electron chi connectivity index (χ4n) is 0.826. The summed E-state index contributed by atoms with van der Waals surface area (Å²) >= 11 is 4.01. The van der Waals surface area contributed by atoms with E-state index in [9.17, 15) is 0 Å². The first kappa shape index (κ1) is 9.13. The standard InChI is InChI=1S/C9H12N2S/c10-9(7-12)11-6-8-4-2-1-3-5-8/h1-5,12H,6-7H2,(H2,10,11). The molecule has 0 radical (unpaired) electrons. The third kappa shape index (κ3) is 2.96. The van der Waals surface area contributed by atoms with Gasteiger partial charge < -0.3 is 5.73 Å². The van der Waals surface area contributed by atoms with Gasteiger partial charge in [-0.25, -0.2) is 0 Å². The first-order chi connectivity index (χ1) is 5.83. The van der Waals surface area contributed by atoms with Crippen molar-refractivity contribution in [1.29, 1.82) is 0 Å². The van der Waals surface area contributed by atoms with Gasteiger partial charge in [0.1, 0.15) is 5.84 Å². The fraction of sp³-hybridized carbons (Fsp3) is 0.222. The molecule has 0 atom stereocenters. The SMILES string of the molecule is NC(CS)=NCc1ccccc1. The van der Waals surface area contributed by atoms with E-state index in [4.69, 9.17) is 5.73 Å². The van der Waals surface area contributed by atoms with E-state index in [0.29, 0.717) is 18.1 Å². The summed E-state index contributed by atoms with van der Waals surface area (Å²) in [4.78, 5) is 4.13. The molecule has 3 heteroatoms. The zero-order valence-corrected chi connectivity index (χ0v) is 7.67. The lowest BCUT2D eigenvalue weighted by atomic mass is 10.2. The summed E-state index contributed by atoms with van der Waals surface area (Å²) in [5.74, 6) is 1.11. The fourth-order valence-corrected chi connectivity index (χ4v) is 0.926. The Morgan fingerprint density at radius 1 is 1.33 bits per heavy atom. The van der Waals surface area contributed by atoms with E-state index in [2.05, 4.69) is 17.6 Å². The third-order valence-electron chi connectivity index (χ3n) is 1.47. The van der Waals surface area contributed by atoms with Crippen LogP contribution in [0.4, 0.5) is 0 Å². The molecule has 1 rings (SSSR count). The van der Waals surface area contributed by atoms with Crippen LogP contribution in [0.3, 0.4) is 0 Å². The van der Waals surface area contributed by atoms with E-state index in [1.54, 1.807) is 0 Å². The molecule has 0 saturated heterocycles. The molecule has 64 valence electrons. The number of hydrogen-bond donors (Lipinski definition) is 2. The van der Waals surface area contributed by atoms with Crippen molar-refractivity contribution < 1.29 is 0 Å². The highest BCUT2D eigenvalue weighted by Crippen LogP contribution is 1.99. The van der Waals surface area contributed by atoms with Crippen LogP contribution in [-0.4, -0.2) is 11.6 Å². The second-order valence-corrected chi connectivity index (χ2v) is 2.77. The van der Waals surface area contributed by atoms with Crippen molar-refractivity contribution in [2.75, 3.05) is 5.75 Å². The van der Waals surface area contributed by atoms with Gasteiger partial charge in [-0.2, -0.15) is 12.6 Å². The maximum Gasteiger partial charge on any atom is 0.104 e. The van der Waals surface area contributed by atoms with Crippen molar-refractivity contribution in [1.82, 2.24) is 0 Å². The van der Waals surface area contributed by atoms with Crippen LogP contribution in [0.1, 0.15) is 5.56 Å². The lowest BCUT2D eigenvalue weighted by Crippen LogP contribution is -2.13. The third-order valence-corrected chi connectivity index (χ3v) is 1.79. The maximum absolute atomic E-state index is 5.49. The number of nitrogens with zero attached hydrogens (tertiary/aromatic N) is 1. The smallest absolute Gasteiger partial charge is 0.104 e. The first-order valence-corrected chi connectivity index (χ1v) is 4.39. The number of amidine groups is 1. The Hall–Kier alpha value is -0.960. The molecule has 0 saturated carbocycles. The van der Waals surface area contributed by atoms with Gasteiger partial charge in [0.15, 0.2) is 0 Å². The molecule has 12 heavy (non-hydrogen) atoms. The van der Waals surface area contributed by atoms with Crippen molar-refractivity contribution in [2.45, 2.75) is 6.54 Å². The Kier molecular flexibility index (Phi) is 3.67. The Morgan fingerprint density at radius 2 is 2.00 bits per heavy atom. The second kappa shape index (κ2) is 4.83. The Balaban J connectivity index is 2.54. The minimum Gasteiger partial charge on any atom is -0.387 e. The molecule has 0 aliphatic heterocycles. The van der Waals surface area contributed by atoms with Crippen molar-refractivity contribution in [3.8, 4) is 0 Å². The Morgan fingerprint density at radius 3 is 2.58 bits per heavy atom. The van der Waals surface area contributed by atoms with Crippen LogP contribution in [0, 0.1) is 0 Å². The highest BCUT2D eigenvalue weighted by Gasteiger charge is 1.89. The quantitative estimate of drug-likeness (QED) is 0.412. The van der Waals surface area contributed by atoms with Crippen LogP contribution in [-0.2, 0) is 6.54 Å². The monoisotopic (exact) mass is 180 g/mol. The average molecular weight is 180 g/mol. The number of thiol groups is 1. The molecule has 0 fully saturated rings. The molecule has 2 N–H and O–H groups in total. The van der Waals surface area contributed by atoms with Crippen molar-refractivity contribution in [3.05, 3.63) is 35.9 Å². The van der Waals surface area contributed by atoms with Crippen molar-refractivity contribution in [2.24, 2.45) is 10.7 Å². The van der Waals surface area contributed by atoms with E-state index in [1.165, 1.54) is 5.56 Å².